The standard InChI is InChI=1S/C19H21F2NO4/c1-24-16-8-5-14(11-17(16)25-2)9-10-22-18(23)12-13-3-6-15(7-4-13)26-19(20)21/h3-8,11,19H,9-10,12H2,1-2H3,(H,22,23). The predicted octanol–water partition coefficient (Wildman–Crippen LogP) is 3.21. The number of ether oxygens (including phenoxy) is 3. The van der Waals surface area contributed by atoms with Crippen molar-refractivity contribution in [2.24, 2.45) is 0 Å². The Morgan fingerprint density at radius 2 is 1.65 bits per heavy atom. The zero-order valence-corrected chi connectivity index (χ0v) is 14.6. The minimum atomic E-state index is -2.86. The smallest absolute Gasteiger partial charge is 0.387 e. The predicted molar refractivity (Wildman–Crippen MR) is 93.0 cm³/mol. The van der Waals surface area contributed by atoms with Crippen LogP contribution in [0.15, 0.2) is 42.5 Å². The molecular weight excluding hydrogens is 344 g/mol. The van der Waals surface area contributed by atoms with Crippen molar-refractivity contribution in [3.8, 4) is 17.2 Å². The van der Waals surface area contributed by atoms with E-state index in [0.717, 1.165) is 11.1 Å². The van der Waals surface area contributed by atoms with Crippen LogP contribution < -0.4 is 19.5 Å². The maximum Gasteiger partial charge on any atom is 0.387 e. The topological polar surface area (TPSA) is 56.8 Å². The number of rotatable bonds is 9. The van der Waals surface area contributed by atoms with Gasteiger partial charge in [0.05, 0.1) is 20.6 Å². The monoisotopic (exact) mass is 365 g/mol. The summed E-state index contributed by atoms with van der Waals surface area (Å²) in [5.74, 6) is 1.22. The molecule has 0 saturated carbocycles. The highest BCUT2D eigenvalue weighted by molar-refractivity contribution is 5.78. The lowest BCUT2D eigenvalue weighted by molar-refractivity contribution is -0.120. The van der Waals surface area contributed by atoms with Gasteiger partial charge in [-0.25, -0.2) is 0 Å². The van der Waals surface area contributed by atoms with Crippen LogP contribution in [0.25, 0.3) is 0 Å². The van der Waals surface area contributed by atoms with Crippen molar-refractivity contribution in [2.45, 2.75) is 19.5 Å². The van der Waals surface area contributed by atoms with Crippen molar-refractivity contribution < 1.29 is 27.8 Å². The first-order valence-corrected chi connectivity index (χ1v) is 8.03. The first kappa shape index (κ1) is 19.5. The lowest BCUT2D eigenvalue weighted by Gasteiger charge is -2.10. The van der Waals surface area contributed by atoms with E-state index in [9.17, 15) is 13.6 Å². The van der Waals surface area contributed by atoms with E-state index in [4.69, 9.17) is 9.47 Å². The number of methoxy groups -OCH3 is 2. The molecule has 0 saturated heterocycles. The molecule has 1 amide bonds. The van der Waals surface area contributed by atoms with E-state index in [-0.39, 0.29) is 18.1 Å². The number of carbonyl (C=O) groups is 1. The zero-order valence-electron chi connectivity index (χ0n) is 14.6. The van der Waals surface area contributed by atoms with Gasteiger partial charge < -0.3 is 19.5 Å². The molecule has 7 heteroatoms. The quantitative estimate of drug-likeness (QED) is 0.741. The Labute approximate surface area is 150 Å². The van der Waals surface area contributed by atoms with Gasteiger partial charge in [0.2, 0.25) is 5.91 Å². The molecule has 0 spiro atoms. The second kappa shape index (κ2) is 9.60. The van der Waals surface area contributed by atoms with E-state index in [0.29, 0.717) is 24.5 Å². The highest BCUT2D eigenvalue weighted by Gasteiger charge is 2.07. The summed E-state index contributed by atoms with van der Waals surface area (Å²) in [6.45, 7) is -2.39. The third kappa shape index (κ3) is 5.91. The lowest BCUT2D eigenvalue weighted by Crippen LogP contribution is -2.27. The molecule has 0 aliphatic carbocycles. The van der Waals surface area contributed by atoms with Crippen LogP contribution in [0.1, 0.15) is 11.1 Å². The van der Waals surface area contributed by atoms with Crippen molar-refractivity contribution >= 4 is 5.91 Å². The molecule has 2 aromatic carbocycles. The molecule has 2 aromatic rings. The second-order valence-corrected chi connectivity index (χ2v) is 5.49. The van der Waals surface area contributed by atoms with Gasteiger partial charge in [-0.1, -0.05) is 18.2 Å². The number of halogens is 2. The molecule has 0 unspecified atom stereocenters. The maximum atomic E-state index is 12.1. The Morgan fingerprint density at radius 3 is 2.27 bits per heavy atom. The molecule has 0 aliphatic rings. The summed E-state index contributed by atoms with van der Waals surface area (Å²) in [4.78, 5) is 12.0. The summed E-state index contributed by atoms with van der Waals surface area (Å²) in [6.07, 6.45) is 0.814. The molecule has 5 nitrogen and oxygen atoms in total. The summed E-state index contributed by atoms with van der Waals surface area (Å²) < 4.78 is 38.9. The molecule has 1 N–H and O–H groups in total. The molecule has 140 valence electrons. The van der Waals surface area contributed by atoms with Crippen LogP contribution in [0.2, 0.25) is 0 Å². The van der Waals surface area contributed by atoms with Crippen LogP contribution in [0.4, 0.5) is 8.78 Å². The summed E-state index contributed by atoms with van der Waals surface area (Å²) in [7, 11) is 3.14. The van der Waals surface area contributed by atoms with Crippen LogP contribution in [0.3, 0.4) is 0 Å². The molecule has 0 fully saturated rings. The molecule has 0 aliphatic heterocycles. The van der Waals surface area contributed by atoms with E-state index < -0.39 is 6.61 Å². The van der Waals surface area contributed by atoms with E-state index >= 15 is 0 Å². The first-order chi connectivity index (χ1) is 12.5. The van der Waals surface area contributed by atoms with Gasteiger partial charge in [-0.3, -0.25) is 4.79 Å². The van der Waals surface area contributed by atoms with Crippen LogP contribution in [0, 0.1) is 0 Å². The van der Waals surface area contributed by atoms with Crippen molar-refractivity contribution in [3.63, 3.8) is 0 Å². The molecule has 26 heavy (non-hydrogen) atoms. The average Bonchev–Trinajstić information content (AvgIpc) is 2.62. The zero-order chi connectivity index (χ0) is 18.9. The van der Waals surface area contributed by atoms with E-state index in [1.165, 1.54) is 12.1 Å². The Bertz CT molecular complexity index is 720. The third-order valence-corrected chi connectivity index (χ3v) is 3.70. The highest BCUT2D eigenvalue weighted by atomic mass is 19.3. The molecule has 2 rings (SSSR count). The van der Waals surface area contributed by atoms with Crippen LogP contribution in [0.5, 0.6) is 17.2 Å². The summed E-state index contributed by atoms with van der Waals surface area (Å²) in [6, 6.07) is 11.6. The summed E-state index contributed by atoms with van der Waals surface area (Å²) in [5, 5.41) is 2.83. The van der Waals surface area contributed by atoms with Gasteiger partial charge in [-0.2, -0.15) is 8.78 Å². The van der Waals surface area contributed by atoms with E-state index in [1.54, 1.807) is 26.4 Å². The molecular formula is C19H21F2NO4. The Balaban J connectivity index is 1.80. The molecule has 0 radical (unpaired) electrons. The maximum absolute atomic E-state index is 12.1. The van der Waals surface area contributed by atoms with E-state index in [2.05, 4.69) is 10.1 Å². The molecule has 0 atom stereocenters. The summed E-state index contributed by atoms with van der Waals surface area (Å²) >= 11 is 0. The third-order valence-electron chi connectivity index (χ3n) is 3.70. The van der Waals surface area contributed by atoms with Crippen LogP contribution in [-0.4, -0.2) is 33.3 Å². The number of amides is 1. The fourth-order valence-electron chi connectivity index (χ4n) is 2.42. The number of hydrogen-bond donors (Lipinski definition) is 1. The number of benzene rings is 2. The van der Waals surface area contributed by atoms with Gasteiger partial charge in [0.15, 0.2) is 11.5 Å². The fourth-order valence-corrected chi connectivity index (χ4v) is 2.42. The Morgan fingerprint density at radius 1 is 1.00 bits per heavy atom. The highest BCUT2D eigenvalue weighted by Crippen LogP contribution is 2.27. The van der Waals surface area contributed by atoms with Crippen LogP contribution >= 0.6 is 0 Å². The average molecular weight is 365 g/mol. The second-order valence-electron chi connectivity index (χ2n) is 5.49. The van der Waals surface area contributed by atoms with Gasteiger partial charge in [0, 0.05) is 6.54 Å². The van der Waals surface area contributed by atoms with E-state index in [1.807, 2.05) is 18.2 Å². The normalized spacial score (nSPS) is 10.5. The SMILES string of the molecule is COc1ccc(CCNC(=O)Cc2ccc(OC(F)F)cc2)cc1OC. The first-order valence-electron chi connectivity index (χ1n) is 8.03. The molecule has 0 aromatic heterocycles. The number of carbonyl (C=O) groups excluding carboxylic acids is 1. The van der Waals surface area contributed by atoms with Gasteiger partial charge in [-0.15, -0.1) is 0 Å². The minimum Gasteiger partial charge on any atom is -0.493 e. The van der Waals surface area contributed by atoms with Gasteiger partial charge in [-0.05, 0) is 41.8 Å². The fraction of sp³-hybridized carbons (Fsp3) is 0.316. The van der Waals surface area contributed by atoms with Crippen LogP contribution in [-0.2, 0) is 17.6 Å². The molecule has 0 bridgehead atoms. The van der Waals surface area contributed by atoms with Crippen molar-refractivity contribution in [1.82, 2.24) is 5.32 Å². The Hall–Kier alpha value is -2.83. The Kier molecular flexibility index (Phi) is 7.20. The largest absolute Gasteiger partial charge is 0.493 e. The minimum absolute atomic E-state index is 0.0672. The summed E-state index contributed by atoms with van der Waals surface area (Å²) in [5.41, 5.74) is 1.73. The van der Waals surface area contributed by atoms with Crippen molar-refractivity contribution in [3.05, 3.63) is 53.6 Å². The van der Waals surface area contributed by atoms with Crippen molar-refractivity contribution in [1.29, 1.82) is 0 Å². The van der Waals surface area contributed by atoms with Crippen molar-refractivity contribution in [2.75, 3.05) is 20.8 Å². The number of nitrogens with one attached hydrogen (secondary N) is 1. The lowest BCUT2D eigenvalue weighted by atomic mass is 10.1. The van der Waals surface area contributed by atoms with Gasteiger partial charge in [0.25, 0.3) is 0 Å². The van der Waals surface area contributed by atoms with Gasteiger partial charge in [0.1, 0.15) is 5.75 Å². The van der Waals surface area contributed by atoms with Gasteiger partial charge >= 0.3 is 6.61 Å². The number of hydrogen-bond acceptors (Lipinski definition) is 4. The number of alkyl halides is 2. The molecule has 0 heterocycles.